The number of aromatic hydroxyl groups is 1. The van der Waals surface area contributed by atoms with Gasteiger partial charge in [-0.25, -0.2) is 0 Å². The molecule has 3 nitrogen and oxygen atoms in total. The Morgan fingerprint density at radius 3 is 1.83 bits per heavy atom. The summed E-state index contributed by atoms with van der Waals surface area (Å²) in [6.07, 6.45) is -9.81. The van der Waals surface area contributed by atoms with E-state index < -0.39 is 30.0 Å². The molecule has 2 aromatic carbocycles. The predicted molar refractivity (Wildman–Crippen MR) is 66.9 cm³/mol. The van der Waals surface area contributed by atoms with Crippen LogP contribution in [-0.4, -0.2) is 17.8 Å². The Morgan fingerprint density at radius 1 is 0.739 bits per heavy atom. The first-order chi connectivity index (χ1) is 10.5. The first kappa shape index (κ1) is 16.8. The molecule has 1 N–H and O–H groups in total. The molecule has 23 heavy (non-hydrogen) atoms. The van der Waals surface area contributed by atoms with Gasteiger partial charge in [-0.3, -0.25) is 0 Å². The maximum Gasteiger partial charge on any atom is 0.573 e. The first-order valence-electron chi connectivity index (χ1n) is 5.98. The standard InChI is InChI=1S/C14H8F6O3/c15-13(16,17)22-9-3-1-2-8(6-9)11-5-4-10(7-12(11)21)23-14(18,19)20/h1-7,21H. The van der Waals surface area contributed by atoms with Crippen molar-refractivity contribution in [1.82, 2.24) is 0 Å². The van der Waals surface area contributed by atoms with Crippen LogP contribution in [0.5, 0.6) is 17.2 Å². The lowest BCUT2D eigenvalue weighted by molar-refractivity contribution is -0.275. The van der Waals surface area contributed by atoms with Crippen LogP contribution in [0.2, 0.25) is 0 Å². The van der Waals surface area contributed by atoms with Gasteiger partial charge in [-0.1, -0.05) is 12.1 Å². The van der Waals surface area contributed by atoms with E-state index in [1.54, 1.807) is 0 Å². The van der Waals surface area contributed by atoms with Gasteiger partial charge in [0.1, 0.15) is 17.2 Å². The molecular formula is C14H8F6O3. The number of halogens is 6. The van der Waals surface area contributed by atoms with Crippen LogP contribution in [0.1, 0.15) is 0 Å². The van der Waals surface area contributed by atoms with Crippen LogP contribution in [0.15, 0.2) is 42.5 Å². The summed E-state index contributed by atoms with van der Waals surface area (Å²) in [5.74, 6) is -1.76. The Hall–Kier alpha value is -2.58. The zero-order valence-corrected chi connectivity index (χ0v) is 11.1. The third-order valence-corrected chi connectivity index (χ3v) is 2.58. The average Bonchev–Trinajstić information content (AvgIpc) is 2.35. The molecule has 124 valence electrons. The molecule has 0 saturated heterocycles. The summed E-state index contributed by atoms with van der Waals surface area (Å²) in [5.41, 5.74) is 0.148. The molecule has 0 unspecified atom stereocenters. The summed E-state index contributed by atoms with van der Waals surface area (Å²) in [6, 6.07) is 7.38. The van der Waals surface area contributed by atoms with E-state index in [0.29, 0.717) is 6.07 Å². The fourth-order valence-corrected chi connectivity index (χ4v) is 1.81. The van der Waals surface area contributed by atoms with Gasteiger partial charge in [-0.15, -0.1) is 26.3 Å². The highest BCUT2D eigenvalue weighted by Crippen LogP contribution is 2.36. The highest BCUT2D eigenvalue weighted by atomic mass is 19.4. The Balaban J connectivity index is 2.30. The molecule has 0 fully saturated rings. The number of phenols is 1. The van der Waals surface area contributed by atoms with Crippen LogP contribution in [0, 0.1) is 0 Å². The summed E-state index contributed by atoms with van der Waals surface area (Å²) in [6.45, 7) is 0. The summed E-state index contributed by atoms with van der Waals surface area (Å²) < 4.78 is 80.1. The third-order valence-electron chi connectivity index (χ3n) is 2.58. The predicted octanol–water partition coefficient (Wildman–Crippen LogP) is 4.86. The molecule has 0 aliphatic rings. The average molecular weight is 338 g/mol. The van der Waals surface area contributed by atoms with E-state index in [1.807, 2.05) is 0 Å². The largest absolute Gasteiger partial charge is 0.573 e. The number of hydrogen-bond acceptors (Lipinski definition) is 3. The molecule has 0 heterocycles. The minimum Gasteiger partial charge on any atom is -0.507 e. The summed E-state index contributed by atoms with van der Waals surface area (Å²) in [4.78, 5) is 0. The number of hydrogen-bond donors (Lipinski definition) is 1. The van der Waals surface area contributed by atoms with Gasteiger partial charge in [-0.05, 0) is 29.8 Å². The molecule has 0 amide bonds. The second kappa shape index (κ2) is 5.90. The van der Waals surface area contributed by atoms with E-state index in [4.69, 9.17) is 0 Å². The smallest absolute Gasteiger partial charge is 0.507 e. The van der Waals surface area contributed by atoms with Crippen LogP contribution in [-0.2, 0) is 0 Å². The van der Waals surface area contributed by atoms with Crippen molar-refractivity contribution in [3.8, 4) is 28.4 Å². The Kier molecular flexibility index (Phi) is 4.31. The number of ether oxygens (including phenoxy) is 2. The highest BCUT2D eigenvalue weighted by Gasteiger charge is 2.32. The number of phenolic OH excluding ortho intramolecular Hbond substituents is 1. The Labute approximate surface area is 125 Å². The first-order valence-corrected chi connectivity index (χ1v) is 5.98. The molecule has 0 bridgehead atoms. The van der Waals surface area contributed by atoms with E-state index in [9.17, 15) is 31.4 Å². The summed E-state index contributed by atoms with van der Waals surface area (Å²) in [7, 11) is 0. The topological polar surface area (TPSA) is 38.7 Å². The van der Waals surface area contributed by atoms with Gasteiger partial charge in [0.25, 0.3) is 0 Å². The van der Waals surface area contributed by atoms with Crippen molar-refractivity contribution in [2.24, 2.45) is 0 Å². The van der Waals surface area contributed by atoms with Gasteiger partial charge < -0.3 is 14.6 Å². The van der Waals surface area contributed by atoms with Gasteiger partial charge in [0, 0.05) is 11.6 Å². The quantitative estimate of drug-likeness (QED) is 0.813. The minimum absolute atomic E-state index is 0.0205. The third kappa shape index (κ3) is 4.97. The maximum atomic E-state index is 12.2. The number of rotatable bonds is 3. The lowest BCUT2D eigenvalue weighted by Crippen LogP contribution is -2.17. The molecule has 0 atom stereocenters. The zero-order valence-electron chi connectivity index (χ0n) is 11.1. The van der Waals surface area contributed by atoms with E-state index >= 15 is 0 Å². The van der Waals surface area contributed by atoms with E-state index in [-0.39, 0.29) is 11.1 Å². The summed E-state index contributed by atoms with van der Waals surface area (Å²) >= 11 is 0. The maximum absolute atomic E-state index is 12.2. The molecule has 0 aliphatic carbocycles. The fraction of sp³-hybridized carbons (Fsp3) is 0.143. The zero-order chi connectivity index (χ0) is 17.3. The van der Waals surface area contributed by atoms with Crippen molar-refractivity contribution < 1.29 is 40.9 Å². The van der Waals surface area contributed by atoms with Gasteiger partial charge >= 0.3 is 12.7 Å². The number of benzene rings is 2. The number of alkyl halides is 6. The Morgan fingerprint density at radius 2 is 1.30 bits per heavy atom. The fourth-order valence-electron chi connectivity index (χ4n) is 1.81. The van der Waals surface area contributed by atoms with Crippen LogP contribution >= 0.6 is 0 Å². The molecule has 0 radical (unpaired) electrons. The normalized spacial score (nSPS) is 12.1. The molecular weight excluding hydrogens is 330 g/mol. The van der Waals surface area contributed by atoms with Crippen LogP contribution < -0.4 is 9.47 Å². The lowest BCUT2D eigenvalue weighted by atomic mass is 10.0. The van der Waals surface area contributed by atoms with Crippen molar-refractivity contribution in [3.05, 3.63) is 42.5 Å². The van der Waals surface area contributed by atoms with Crippen LogP contribution in [0.25, 0.3) is 11.1 Å². The highest BCUT2D eigenvalue weighted by molar-refractivity contribution is 5.72. The van der Waals surface area contributed by atoms with E-state index in [0.717, 1.165) is 24.3 Å². The van der Waals surface area contributed by atoms with Gasteiger partial charge in [0.05, 0.1) is 0 Å². The van der Waals surface area contributed by atoms with Gasteiger partial charge in [0.15, 0.2) is 0 Å². The SMILES string of the molecule is Oc1cc(OC(F)(F)F)ccc1-c1cccc(OC(F)(F)F)c1. The van der Waals surface area contributed by atoms with Crippen LogP contribution in [0.3, 0.4) is 0 Å². The minimum atomic E-state index is -4.92. The van der Waals surface area contributed by atoms with Crippen molar-refractivity contribution in [2.45, 2.75) is 12.7 Å². The van der Waals surface area contributed by atoms with Gasteiger partial charge in [-0.2, -0.15) is 0 Å². The van der Waals surface area contributed by atoms with Crippen molar-refractivity contribution in [1.29, 1.82) is 0 Å². The van der Waals surface area contributed by atoms with Crippen molar-refractivity contribution in [3.63, 3.8) is 0 Å². The molecule has 2 aromatic rings. The molecule has 0 aromatic heterocycles. The van der Waals surface area contributed by atoms with E-state index in [1.165, 1.54) is 12.1 Å². The van der Waals surface area contributed by atoms with Crippen LogP contribution in [0.4, 0.5) is 26.3 Å². The molecule has 0 spiro atoms. The molecule has 9 heteroatoms. The van der Waals surface area contributed by atoms with E-state index in [2.05, 4.69) is 9.47 Å². The van der Waals surface area contributed by atoms with Crippen molar-refractivity contribution in [2.75, 3.05) is 0 Å². The molecule has 0 aliphatic heterocycles. The van der Waals surface area contributed by atoms with Crippen molar-refractivity contribution >= 4 is 0 Å². The summed E-state index contributed by atoms with van der Waals surface area (Å²) in [5, 5.41) is 9.75. The monoisotopic (exact) mass is 338 g/mol. The molecule has 2 rings (SSSR count). The second-order valence-corrected chi connectivity index (χ2v) is 4.30. The van der Waals surface area contributed by atoms with Gasteiger partial charge in [0.2, 0.25) is 0 Å². The molecule has 0 saturated carbocycles. The Bertz CT molecular complexity index is 694. The second-order valence-electron chi connectivity index (χ2n) is 4.30. The lowest BCUT2D eigenvalue weighted by Gasteiger charge is -2.12.